The highest BCUT2D eigenvalue weighted by Crippen LogP contribution is 2.26. The number of nitro benzene ring substituents is 1. The van der Waals surface area contributed by atoms with Crippen LogP contribution in [0.1, 0.15) is 16.7 Å². The van der Waals surface area contributed by atoms with Crippen molar-refractivity contribution in [3.8, 4) is 5.75 Å². The number of nitro groups is 1. The van der Waals surface area contributed by atoms with Crippen molar-refractivity contribution >= 4 is 27.7 Å². The third-order valence-corrected chi connectivity index (χ3v) is 5.98. The molecule has 28 heavy (non-hydrogen) atoms. The van der Waals surface area contributed by atoms with Gasteiger partial charge in [-0.15, -0.1) is 0 Å². The van der Waals surface area contributed by atoms with Crippen LogP contribution < -0.4 is 0 Å². The number of nitrogens with zero attached hydrogens (tertiary/aromatic N) is 1. The van der Waals surface area contributed by atoms with Crippen molar-refractivity contribution in [2.75, 3.05) is 0 Å². The molecule has 0 spiro atoms. The molecule has 0 saturated heterocycles. The highest BCUT2D eigenvalue weighted by molar-refractivity contribution is 7.91. The molecule has 6 nitrogen and oxygen atoms in total. The van der Waals surface area contributed by atoms with Crippen LogP contribution >= 0.6 is 0 Å². The van der Waals surface area contributed by atoms with Crippen LogP contribution in [0.25, 0.3) is 12.2 Å². The normalized spacial score (nSPS) is 11.6. The van der Waals surface area contributed by atoms with Gasteiger partial charge >= 0.3 is 0 Å². The Hall–Kier alpha value is -3.45. The molecule has 0 unspecified atom stereocenters. The Kier molecular flexibility index (Phi) is 5.28. The highest BCUT2D eigenvalue weighted by atomic mass is 32.2. The molecule has 0 fully saturated rings. The van der Waals surface area contributed by atoms with Gasteiger partial charge in [0.1, 0.15) is 5.75 Å². The molecule has 1 N–H and O–H groups in total. The summed E-state index contributed by atoms with van der Waals surface area (Å²) in [4.78, 5) is 10.7. The molecule has 0 saturated carbocycles. The molecule has 0 atom stereocenters. The van der Waals surface area contributed by atoms with E-state index in [2.05, 4.69) is 0 Å². The van der Waals surface area contributed by atoms with Crippen molar-refractivity contribution in [3.05, 3.63) is 93.5 Å². The Balaban J connectivity index is 1.85. The smallest absolute Gasteiger partial charge is 0.270 e. The number of aryl methyl sites for hydroxylation is 1. The lowest BCUT2D eigenvalue weighted by Crippen LogP contribution is -2.01. The minimum atomic E-state index is -3.60. The summed E-state index contributed by atoms with van der Waals surface area (Å²) >= 11 is 0. The quantitative estimate of drug-likeness (QED) is 0.386. The number of sulfone groups is 1. The van der Waals surface area contributed by atoms with Gasteiger partial charge in [-0.1, -0.05) is 42.0 Å². The van der Waals surface area contributed by atoms with E-state index in [0.29, 0.717) is 11.1 Å². The van der Waals surface area contributed by atoms with E-state index in [9.17, 15) is 23.6 Å². The van der Waals surface area contributed by atoms with E-state index < -0.39 is 14.8 Å². The van der Waals surface area contributed by atoms with Gasteiger partial charge < -0.3 is 5.11 Å². The summed E-state index contributed by atoms with van der Waals surface area (Å²) in [7, 11) is -3.60. The van der Waals surface area contributed by atoms with Gasteiger partial charge in [-0.05, 0) is 42.8 Å². The summed E-state index contributed by atoms with van der Waals surface area (Å²) in [5.74, 6) is -0.0829. The Morgan fingerprint density at radius 3 is 2.04 bits per heavy atom. The molecule has 142 valence electrons. The van der Waals surface area contributed by atoms with Gasteiger partial charge in [0.05, 0.1) is 14.7 Å². The number of aromatic hydroxyl groups is 1. The Bertz CT molecular complexity index is 1150. The summed E-state index contributed by atoms with van der Waals surface area (Å²) in [5, 5.41) is 20.7. The first-order valence-corrected chi connectivity index (χ1v) is 9.83. The maximum absolute atomic E-state index is 12.7. The predicted octanol–water partition coefficient (Wildman–Crippen LogP) is 4.61. The average Bonchev–Trinajstić information content (AvgIpc) is 2.68. The minimum Gasteiger partial charge on any atom is -0.507 e. The van der Waals surface area contributed by atoms with E-state index >= 15 is 0 Å². The topological polar surface area (TPSA) is 97.5 Å². The number of hydrogen-bond acceptors (Lipinski definition) is 5. The van der Waals surface area contributed by atoms with Crippen LogP contribution in [0.15, 0.2) is 76.5 Å². The number of hydrogen-bond donors (Lipinski definition) is 1. The number of phenolic OH excluding ortho intramolecular Hbond substituents is 1. The first kappa shape index (κ1) is 19.3. The maximum atomic E-state index is 12.7. The number of benzene rings is 3. The van der Waals surface area contributed by atoms with Crippen molar-refractivity contribution in [1.82, 2.24) is 0 Å². The number of phenols is 1. The molecule has 0 heterocycles. The predicted molar refractivity (Wildman–Crippen MR) is 107 cm³/mol. The molecule has 0 aromatic heterocycles. The fraction of sp³-hybridized carbons (Fsp3) is 0.0476. The van der Waals surface area contributed by atoms with E-state index in [1.165, 1.54) is 36.4 Å². The largest absolute Gasteiger partial charge is 0.507 e. The van der Waals surface area contributed by atoms with Gasteiger partial charge in [-0.25, -0.2) is 8.42 Å². The second-order valence-corrected chi connectivity index (χ2v) is 8.17. The molecule has 3 aromatic carbocycles. The zero-order valence-electron chi connectivity index (χ0n) is 14.9. The summed E-state index contributed by atoms with van der Waals surface area (Å²) in [6, 6.07) is 16.6. The SMILES string of the molecule is Cc1ccc(S(=O)(=O)c2ccc(/C=C/c3cc([N+](=O)[O-])ccc3O)cc2)cc1. The molecule has 7 heteroatoms. The molecule has 0 amide bonds. The van der Waals surface area contributed by atoms with Crippen molar-refractivity contribution < 1.29 is 18.4 Å². The van der Waals surface area contributed by atoms with Crippen molar-refractivity contribution in [2.45, 2.75) is 16.7 Å². The van der Waals surface area contributed by atoms with Crippen LogP contribution in [0.4, 0.5) is 5.69 Å². The summed E-state index contributed by atoms with van der Waals surface area (Å²) in [6.07, 6.45) is 3.17. The summed E-state index contributed by atoms with van der Waals surface area (Å²) in [6.45, 7) is 1.89. The zero-order chi connectivity index (χ0) is 20.3. The molecule has 3 rings (SSSR count). The van der Waals surface area contributed by atoms with Gasteiger partial charge in [0, 0.05) is 17.7 Å². The molecular weight excluding hydrogens is 378 g/mol. The molecule has 0 aliphatic carbocycles. The van der Waals surface area contributed by atoms with E-state index in [1.807, 2.05) is 6.92 Å². The van der Waals surface area contributed by atoms with E-state index in [4.69, 9.17) is 0 Å². The van der Waals surface area contributed by atoms with Crippen molar-refractivity contribution in [3.63, 3.8) is 0 Å². The zero-order valence-corrected chi connectivity index (χ0v) is 15.8. The van der Waals surface area contributed by atoms with Crippen LogP contribution in [0.2, 0.25) is 0 Å². The second kappa shape index (κ2) is 7.66. The molecule has 0 bridgehead atoms. The van der Waals surface area contributed by atoms with E-state index in [0.717, 1.165) is 5.56 Å². The van der Waals surface area contributed by atoms with Crippen molar-refractivity contribution in [1.29, 1.82) is 0 Å². The molecular formula is C21H17NO5S. The lowest BCUT2D eigenvalue weighted by Gasteiger charge is -2.05. The van der Waals surface area contributed by atoms with Gasteiger partial charge in [0.15, 0.2) is 0 Å². The standard InChI is InChI=1S/C21H17NO5S/c1-15-2-9-19(10-3-15)28(26,27)20-11-5-16(6-12-20)4-7-17-14-18(22(24)25)8-13-21(17)23/h2-14,23H,1H3/b7-4+. The lowest BCUT2D eigenvalue weighted by atomic mass is 10.1. The summed E-state index contributed by atoms with van der Waals surface area (Å²) in [5.41, 5.74) is 1.83. The number of non-ortho nitro benzene ring substituents is 1. The fourth-order valence-corrected chi connectivity index (χ4v) is 3.85. The Labute approximate surface area is 162 Å². The summed E-state index contributed by atoms with van der Waals surface area (Å²) < 4.78 is 25.3. The Morgan fingerprint density at radius 2 is 1.46 bits per heavy atom. The van der Waals surface area contributed by atoms with E-state index in [-0.39, 0.29) is 21.2 Å². The fourth-order valence-electron chi connectivity index (χ4n) is 2.59. The maximum Gasteiger partial charge on any atom is 0.270 e. The van der Waals surface area contributed by atoms with Crippen LogP contribution in [0.3, 0.4) is 0 Å². The highest BCUT2D eigenvalue weighted by Gasteiger charge is 2.17. The van der Waals surface area contributed by atoms with Gasteiger partial charge in [-0.3, -0.25) is 10.1 Å². The first-order valence-electron chi connectivity index (χ1n) is 8.35. The van der Waals surface area contributed by atoms with Crippen LogP contribution in [-0.4, -0.2) is 18.4 Å². The lowest BCUT2D eigenvalue weighted by molar-refractivity contribution is -0.384. The van der Waals surface area contributed by atoms with E-state index in [1.54, 1.807) is 42.5 Å². The molecule has 0 aliphatic heterocycles. The third-order valence-electron chi connectivity index (χ3n) is 4.20. The molecule has 0 radical (unpaired) electrons. The van der Waals surface area contributed by atoms with Crippen LogP contribution in [0.5, 0.6) is 5.75 Å². The minimum absolute atomic E-state index is 0.0829. The second-order valence-electron chi connectivity index (χ2n) is 6.22. The average molecular weight is 395 g/mol. The van der Waals surface area contributed by atoms with Crippen LogP contribution in [0, 0.1) is 17.0 Å². The first-order chi connectivity index (χ1) is 13.3. The molecule has 3 aromatic rings. The van der Waals surface area contributed by atoms with Crippen LogP contribution in [-0.2, 0) is 9.84 Å². The van der Waals surface area contributed by atoms with Gasteiger partial charge in [-0.2, -0.15) is 0 Å². The monoisotopic (exact) mass is 395 g/mol. The Morgan fingerprint density at radius 1 is 0.893 bits per heavy atom. The third kappa shape index (κ3) is 4.10. The van der Waals surface area contributed by atoms with Gasteiger partial charge in [0.2, 0.25) is 9.84 Å². The van der Waals surface area contributed by atoms with Gasteiger partial charge in [0.25, 0.3) is 5.69 Å². The van der Waals surface area contributed by atoms with Crippen molar-refractivity contribution in [2.24, 2.45) is 0 Å². The number of rotatable bonds is 5. The molecule has 0 aliphatic rings.